The molecule has 1 N–H and O–H groups in total. The normalized spacial score (nSPS) is 20.6. The maximum atomic E-state index is 14.0. The molecule has 2 aromatic rings. The number of hydrogen-bond donors (Lipinski definition) is 1. The molecule has 6 nitrogen and oxygen atoms in total. The minimum atomic E-state index is -4.85. The number of sulfone groups is 1. The molecule has 1 unspecified atom stereocenters. The van der Waals surface area contributed by atoms with Crippen molar-refractivity contribution in [2.45, 2.75) is 50.1 Å². The maximum Gasteiger partial charge on any atom is 0.418 e. The quantitative estimate of drug-likeness (QED) is 0.489. The number of nitrogens with zero attached hydrogens (tertiary/aromatic N) is 2. The lowest BCUT2D eigenvalue weighted by atomic mass is 9.99. The summed E-state index contributed by atoms with van der Waals surface area (Å²) >= 11 is 5.80. The van der Waals surface area contributed by atoms with E-state index in [4.69, 9.17) is 11.6 Å². The second-order valence-corrected chi connectivity index (χ2v) is 12.3. The molecule has 14 heteroatoms. The lowest BCUT2D eigenvalue weighted by Gasteiger charge is -2.33. The van der Waals surface area contributed by atoms with Crippen molar-refractivity contribution in [2.24, 2.45) is 5.92 Å². The van der Waals surface area contributed by atoms with E-state index in [2.05, 4.69) is 10.3 Å². The summed E-state index contributed by atoms with van der Waals surface area (Å²) in [6.07, 6.45) is -8.15. The van der Waals surface area contributed by atoms with Crippen LogP contribution in [0, 0.1) is 5.92 Å². The Hall–Kier alpha value is -2.54. The molecule has 1 amide bonds. The molecule has 2 heterocycles. The molecule has 1 saturated heterocycles. The Morgan fingerprint density at radius 3 is 2.29 bits per heavy atom. The van der Waals surface area contributed by atoms with E-state index in [1.54, 1.807) is 0 Å². The van der Waals surface area contributed by atoms with Gasteiger partial charge in [0.05, 0.1) is 39.7 Å². The van der Waals surface area contributed by atoms with Crippen LogP contribution < -0.4 is 5.32 Å². The van der Waals surface area contributed by atoms with Crippen LogP contribution in [0.5, 0.6) is 0 Å². The van der Waals surface area contributed by atoms with Crippen molar-refractivity contribution in [1.82, 2.24) is 9.88 Å². The van der Waals surface area contributed by atoms with Gasteiger partial charge in [-0.05, 0) is 55.0 Å². The van der Waals surface area contributed by atoms with E-state index in [1.165, 1.54) is 18.2 Å². The average molecular weight is 584 g/mol. The summed E-state index contributed by atoms with van der Waals surface area (Å²) in [5.74, 6) is -2.16. The Morgan fingerprint density at radius 2 is 1.74 bits per heavy atom. The van der Waals surface area contributed by atoms with Crippen molar-refractivity contribution in [1.29, 1.82) is 0 Å². The molecule has 1 aliphatic heterocycles. The number of alkyl halides is 6. The zero-order valence-corrected chi connectivity index (χ0v) is 21.6. The summed E-state index contributed by atoms with van der Waals surface area (Å²) in [7, 11) is -2.28. The van der Waals surface area contributed by atoms with Crippen molar-refractivity contribution in [2.75, 3.05) is 23.9 Å². The zero-order valence-electron chi connectivity index (χ0n) is 20.0. The van der Waals surface area contributed by atoms with Crippen molar-refractivity contribution in [3.8, 4) is 0 Å². The number of amides is 1. The monoisotopic (exact) mass is 583 g/mol. The fourth-order valence-corrected chi connectivity index (χ4v) is 6.88. The molecule has 0 bridgehead atoms. The first-order chi connectivity index (χ1) is 17.6. The summed E-state index contributed by atoms with van der Waals surface area (Å²) in [5, 5.41) is 2.62. The Labute approximate surface area is 220 Å². The first-order valence-corrected chi connectivity index (χ1v) is 13.9. The van der Waals surface area contributed by atoms with Gasteiger partial charge in [-0.2, -0.15) is 26.3 Å². The molecule has 0 saturated carbocycles. The first-order valence-electron chi connectivity index (χ1n) is 11.7. The van der Waals surface area contributed by atoms with E-state index < -0.39 is 62.4 Å². The molecule has 4 rings (SSSR count). The third-order valence-corrected chi connectivity index (χ3v) is 8.98. The molecule has 1 aliphatic carbocycles. The van der Waals surface area contributed by atoms with Crippen LogP contribution >= 0.6 is 11.6 Å². The van der Waals surface area contributed by atoms with Crippen LogP contribution in [-0.2, 0) is 33.6 Å². The van der Waals surface area contributed by atoms with Gasteiger partial charge in [-0.3, -0.25) is 9.78 Å². The van der Waals surface area contributed by atoms with E-state index in [0.29, 0.717) is 16.2 Å². The van der Waals surface area contributed by atoms with E-state index >= 15 is 0 Å². The SMILES string of the molecule is CN(C(=O)C1CCS(=O)(=O)CC1)[C@@H](c1ccc(NC2Cc3ccc(Cl)c(C(F)(F)F)c3C2)cn1)C(F)(F)F. The minimum absolute atomic E-state index is 0.0199. The van der Waals surface area contributed by atoms with Gasteiger partial charge in [0.1, 0.15) is 9.84 Å². The van der Waals surface area contributed by atoms with Crippen molar-refractivity contribution < 1.29 is 39.6 Å². The third-order valence-electron chi connectivity index (χ3n) is 6.95. The van der Waals surface area contributed by atoms with Crippen molar-refractivity contribution >= 4 is 33.0 Å². The maximum absolute atomic E-state index is 14.0. The van der Waals surface area contributed by atoms with Gasteiger partial charge in [-0.15, -0.1) is 0 Å². The predicted molar refractivity (Wildman–Crippen MR) is 128 cm³/mol. The topological polar surface area (TPSA) is 79.4 Å². The summed E-state index contributed by atoms with van der Waals surface area (Å²) < 4.78 is 106. The van der Waals surface area contributed by atoms with Crippen LogP contribution in [0.25, 0.3) is 0 Å². The van der Waals surface area contributed by atoms with Gasteiger partial charge in [-0.25, -0.2) is 8.42 Å². The number of pyridine rings is 1. The lowest BCUT2D eigenvalue weighted by Crippen LogP contribution is -2.44. The van der Waals surface area contributed by atoms with Crippen LogP contribution in [0.15, 0.2) is 30.5 Å². The van der Waals surface area contributed by atoms with Gasteiger partial charge >= 0.3 is 12.4 Å². The van der Waals surface area contributed by atoms with E-state index in [1.807, 2.05) is 0 Å². The van der Waals surface area contributed by atoms with Gasteiger partial charge in [0.15, 0.2) is 6.04 Å². The second kappa shape index (κ2) is 10.2. The van der Waals surface area contributed by atoms with Gasteiger partial charge in [-0.1, -0.05) is 17.7 Å². The van der Waals surface area contributed by atoms with E-state index in [0.717, 1.165) is 19.3 Å². The molecule has 1 fully saturated rings. The Kier molecular flexibility index (Phi) is 7.65. The standard InChI is InChI=1S/C24H24ClF6N3O3S/c1-34(22(35)13-6-8-38(36,37)9-7-13)21(24(29,30)31)19-5-3-15(12-32-19)33-16-10-14-2-4-18(25)20(17(14)11-16)23(26,27)28/h2-5,12-13,16,21,33H,6-11H2,1H3/t16?,21-/m0/s1. The molecule has 0 spiro atoms. The van der Waals surface area contributed by atoms with Crippen LogP contribution in [-0.4, -0.2) is 55.0 Å². The highest BCUT2D eigenvalue weighted by molar-refractivity contribution is 7.91. The highest BCUT2D eigenvalue weighted by Gasteiger charge is 2.47. The molecular formula is C24H24ClF6N3O3S. The van der Waals surface area contributed by atoms with Crippen LogP contribution in [0.1, 0.15) is 41.3 Å². The Morgan fingerprint density at radius 1 is 1.08 bits per heavy atom. The van der Waals surface area contributed by atoms with Crippen LogP contribution in [0.3, 0.4) is 0 Å². The summed E-state index contributed by atoms with van der Waals surface area (Å²) in [4.78, 5) is 17.3. The third kappa shape index (κ3) is 6.03. The number of carbonyl (C=O) groups excluding carboxylic acids is 1. The zero-order chi connectivity index (χ0) is 28.0. The van der Waals surface area contributed by atoms with E-state index in [9.17, 15) is 39.6 Å². The number of fused-ring (bicyclic) bond motifs is 1. The lowest BCUT2D eigenvalue weighted by molar-refractivity contribution is -0.191. The number of aromatic nitrogens is 1. The number of anilines is 1. The highest BCUT2D eigenvalue weighted by Crippen LogP contribution is 2.42. The van der Waals surface area contributed by atoms with Gasteiger partial charge in [0, 0.05) is 19.0 Å². The summed E-state index contributed by atoms with van der Waals surface area (Å²) in [6, 6.07) is 2.35. The Balaban J connectivity index is 1.48. The van der Waals surface area contributed by atoms with Gasteiger partial charge in [0.2, 0.25) is 5.91 Å². The average Bonchev–Trinajstić information content (AvgIpc) is 3.20. The van der Waals surface area contributed by atoms with Crippen LogP contribution in [0.2, 0.25) is 5.02 Å². The number of rotatable bonds is 5. The highest BCUT2D eigenvalue weighted by atomic mass is 35.5. The van der Waals surface area contributed by atoms with Crippen LogP contribution in [0.4, 0.5) is 32.0 Å². The largest absolute Gasteiger partial charge is 0.418 e. The number of hydrogen-bond acceptors (Lipinski definition) is 5. The van der Waals surface area contributed by atoms with Gasteiger partial charge < -0.3 is 10.2 Å². The fraction of sp³-hybridized carbons (Fsp3) is 0.500. The fourth-order valence-electron chi connectivity index (χ4n) is 5.11. The molecule has 1 aromatic carbocycles. The second-order valence-electron chi connectivity index (χ2n) is 9.60. The molecule has 0 radical (unpaired) electrons. The molecule has 38 heavy (non-hydrogen) atoms. The smallest absolute Gasteiger partial charge is 0.380 e. The Bertz CT molecular complexity index is 1300. The van der Waals surface area contributed by atoms with Gasteiger partial charge in [0.25, 0.3) is 0 Å². The molecule has 2 aliphatic rings. The molecule has 2 atom stereocenters. The number of nitrogens with one attached hydrogen (secondary N) is 1. The number of carbonyl (C=O) groups is 1. The number of benzene rings is 1. The van der Waals surface area contributed by atoms with Crippen molar-refractivity contribution in [3.63, 3.8) is 0 Å². The number of halogens is 7. The molecule has 208 valence electrons. The first kappa shape index (κ1) is 28.5. The predicted octanol–water partition coefficient (Wildman–Crippen LogP) is 5.22. The molecule has 1 aromatic heterocycles. The molecular weight excluding hydrogens is 560 g/mol. The van der Waals surface area contributed by atoms with E-state index in [-0.39, 0.29) is 42.8 Å². The summed E-state index contributed by atoms with van der Waals surface area (Å²) in [5.41, 5.74) is -0.455. The minimum Gasteiger partial charge on any atom is -0.380 e. The summed E-state index contributed by atoms with van der Waals surface area (Å²) in [6.45, 7) is 0. The van der Waals surface area contributed by atoms with Crippen molar-refractivity contribution in [3.05, 3.63) is 57.9 Å².